The third-order valence-electron chi connectivity index (χ3n) is 2.72. The zero-order chi connectivity index (χ0) is 11.4. The van der Waals surface area contributed by atoms with Gasteiger partial charge < -0.3 is 10.6 Å². The number of nitrogens with zero attached hydrogens (tertiary/aromatic N) is 1. The molecule has 2 N–H and O–H groups in total. The maximum absolute atomic E-state index is 5.83. The maximum Gasteiger partial charge on any atom is 0.0701 e. The molecule has 0 bridgehead atoms. The van der Waals surface area contributed by atoms with Crippen LogP contribution in [0.15, 0.2) is 15.9 Å². The van der Waals surface area contributed by atoms with E-state index in [0.717, 1.165) is 13.0 Å². The molecule has 0 spiro atoms. The summed E-state index contributed by atoms with van der Waals surface area (Å²) in [6.07, 6.45) is 1.12. The highest BCUT2D eigenvalue weighted by Crippen LogP contribution is 2.35. The van der Waals surface area contributed by atoms with Crippen molar-refractivity contribution < 1.29 is 0 Å². The molecule has 86 valence electrons. The molecule has 0 saturated carbocycles. The zero-order valence-electron chi connectivity index (χ0n) is 9.53. The van der Waals surface area contributed by atoms with Crippen molar-refractivity contribution in [1.29, 1.82) is 0 Å². The van der Waals surface area contributed by atoms with Gasteiger partial charge in [0.05, 0.1) is 3.79 Å². The second kappa shape index (κ2) is 5.99. The van der Waals surface area contributed by atoms with Gasteiger partial charge in [0, 0.05) is 10.9 Å². The van der Waals surface area contributed by atoms with Crippen molar-refractivity contribution in [2.75, 3.05) is 20.6 Å². The zero-order valence-corrected chi connectivity index (χ0v) is 11.9. The van der Waals surface area contributed by atoms with Crippen molar-refractivity contribution in [3.8, 4) is 0 Å². The summed E-state index contributed by atoms with van der Waals surface area (Å²) < 4.78 is 1.19. The summed E-state index contributed by atoms with van der Waals surface area (Å²) in [6, 6.07) is 4.74. The topological polar surface area (TPSA) is 29.3 Å². The van der Waals surface area contributed by atoms with E-state index in [1.54, 1.807) is 11.3 Å². The first kappa shape index (κ1) is 13.2. The van der Waals surface area contributed by atoms with Crippen LogP contribution in [0, 0.1) is 5.92 Å². The lowest BCUT2D eigenvalue weighted by atomic mass is 9.95. The Morgan fingerprint density at radius 2 is 2.13 bits per heavy atom. The SMILES string of the molecule is CCC(CN)C(c1ccc(Br)s1)N(C)C. The summed E-state index contributed by atoms with van der Waals surface area (Å²) in [5.74, 6) is 0.533. The fourth-order valence-corrected chi connectivity index (χ4v) is 3.63. The molecule has 2 atom stereocenters. The van der Waals surface area contributed by atoms with E-state index >= 15 is 0 Å². The van der Waals surface area contributed by atoms with E-state index in [4.69, 9.17) is 5.73 Å². The number of hydrogen-bond acceptors (Lipinski definition) is 3. The molecular weight excluding hydrogens is 272 g/mol. The fraction of sp³-hybridized carbons (Fsp3) is 0.636. The molecule has 0 radical (unpaired) electrons. The highest BCUT2D eigenvalue weighted by atomic mass is 79.9. The Balaban J connectivity index is 2.91. The van der Waals surface area contributed by atoms with Gasteiger partial charge in [-0.05, 0) is 54.6 Å². The molecule has 0 aliphatic carbocycles. The van der Waals surface area contributed by atoms with Crippen molar-refractivity contribution in [2.45, 2.75) is 19.4 Å². The van der Waals surface area contributed by atoms with Crippen LogP contribution in [0.1, 0.15) is 24.3 Å². The van der Waals surface area contributed by atoms with Crippen LogP contribution in [-0.4, -0.2) is 25.5 Å². The Morgan fingerprint density at radius 1 is 1.47 bits per heavy atom. The third kappa shape index (κ3) is 3.28. The first-order chi connectivity index (χ1) is 7.10. The second-order valence-electron chi connectivity index (χ2n) is 3.95. The number of nitrogens with two attached hydrogens (primary N) is 1. The van der Waals surface area contributed by atoms with Gasteiger partial charge in [0.1, 0.15) is 0 Å². The molecular formula is C11H19BrN2S. The quantitative estimate of drug-likeness (QED) is 0.903. The Morgan fingerprint density at radius 3 is 2.47 bits per heavy atom. The van der Waals surface area contributed by atoms with E-state index in [-0.39, 0.29) is 0 Å². The molecule has 0 saturated heterocycles. The smallest absolute Gasteiger partial charge is 0.0701 e. The largest absolute Gasteiger partial charge is 0.330 e. The van der Waals surface area contributed by atoms with E-state index in [2.05, 4.69) is 54.0 Å². The molecule has 0 aliphatic heterocycles. The number of rotatable bonds is 5. The minimum atomic E-state index is 0.441. The Bertz CT molecular complexity index is 295. The molecule has 2 nitrogen and oxygen atoms in total. The first-order valence-corrected chi connectivity index (χ1v) is 6.82. The van der Waals surface area contributed by atoms with Crippen molar-refractivity contribution in [3.63, 3.8) is 0 Å². The summed E-state index contributed by atoms with van der Waals surface area (Å²) in [7, 11) is 4.24. The minimum Gasteiger partial charge on any atom is -0.330 e. The number of hydrogen-bond donors (Lipinski definition) is 1. The number of thiophene rings is 1. The second-order valence-corrected chi connectivity index (χ2v) is 6.45. The fourth-order valence-electron chi connectivity index (χ4n) is 1.91. The molecule has 0 aromatic carbocycles. The summed E-state index contributed by atoms with van der Waals surface area (Å²) >= 11 is 5.31. The molecule has 1 aromatic heterocycles. The van der Waals surface area contributed by atoms with E-state index < -0.39 is 0 Å². The van der Waals surface area contributed by atoms with Gasteiger partial charge in [-0.3, -0.25) is 0 Å². The molecule has 0 aliphatic rings. The molecule has 4 heteroatoms. The van der Waals surface area contributed by atoms with Gasteiger partial charge in [0.25, 0.3) is 0 Å². The Labute approximate surface area is 105 Å². The van der Waals surface area contributed by atoms with Gasteiger partial charge in [-0.15, -0.1) is 11.3 Å². The van der Waals surface area contributed by atoms with Gasteiger partial charge >= 0.3 is 0 Å². The van der Waals surface area contributed by atoms with Crippen LogP contribution in [0.3, 0.4) is 0 Å². The normalized spacial score (nSPS) is 15.6. The van der Waals surface area contributed by atoms with Crippen molar-refractivity contribution in [1.82, 2.24) is 4.90 Å². The maximum atomic E-state index is 5.83. The average Bonchev–Trinajstić information content (AvgIpc) is 2.59. The van der Waals surface area contributed by atoms with Crippen molar-refractivity contribution in [2.24, 2.45) is 11.7 Å². The lowest BCUT2D eigenvalue weighted by Gasteiger charge is -2.30. The summed E-state index contributed by atoms with van der Waals surface area (Å²) in [5, 5.41) is 0. The standard InChI is InChI=1S/C11H19BrN2S/c1-4-8(7-13)11(14(2)3)9-5-6-10(12)15-9/h5-6,8,11H,4,7,13H2,1-3H3. The van der Waals surface area contributed by atoms with Crippen LogP contribution in [0.5, 0.6) is 0 Å². The summed E-state index contributed by atoms with van der Waals surface area (Å²) in [4.78, 5) is 3.66. The summed E-state index contributed by atoms with van der Waals surface area (Å²) in [5.41, 5.74) is 5.83. The van der Waals surface area contributed by atoms with E-state index in [1.807, 2.05) is 0 Å². The highest BCUT2D eigenvalue weighted by Gasteiger charge is 2.23. The molecule has 0 amide bonds. The monoisotopic (exact) mass is 290 g/mol. The lowest BCUT2D eigenvalue weighted by Crippen LogP contribution is -2.31. The van der Waals surface area contributed by atoms with Crippen LogP contribution in [-0.2, 0) is 0 Å². The molecule has 2 unspecified atom stereocenters. The highest BCUT2D eigenvalue weighted by molar-refractivity contribution is 9.11. The predicted molar refractivity (Wildman–Crippen MR) is 71.3 cm³/mol. The van der Waals surface area contributed by atoms with Gasteiger partial charge in [0.2, 0.25) is 0 Å². The van der Waals surface area contributed by atoms with Gasteiger partial charge in [-0.1, -0.05) is 13.3 Å². The predicted octanol–water partition coefficient (Wildman–Crippen LogP) is 3.10. The summed E-state index contributed by atoms with van der Waals surface area (Å²) in [6.45, 7) is 2.95. The van der Waals surface area contributed by atoms with Gasteiger partial charge in [0.15, 0.2) is 0 Å². The van der Waals surface area contributed by atoms with Crippen LogP contribution in [0.25, 0.3) is 0 Å². The van der Waals surface area contributed by atoms with E-state index in [1.165, 1.54) is 8.66 Å². The molecule has 1 rings (SSSR count). The van der Waals surface area contributed by atoms with Gasteiger partial charge in [-0.25, -0.2) is 0 Å². The van der Waals surface area contributed by atoms with Crippen molar-refractivity contribution in [3.05, 3.63) is 20.8 Å². The Kier molecular flexibility index (Phi) is 5.26. The lowest BCUT2D eigenvalue weighted by molar-refractivity contribution is 0.214. The van der Waals surface area contributed by atoms with Crippen LogP contribution < -0.4 is 5.73 Å². The van der Waals surface area contributed by atoms with E-state index in [0.29, 0.717) is 12.0 Å². The van der Waals surface area contributed by atoms with E-state index in [9.17, 15) is 0 Å². The number of halogens is 1. The average molecular weight is 291 g/mol. The van der Waals surface area contributed by atoms with Crippen LogP contribution >= 0.6 is 27.3 Å². The van der Waals surface area contributed by atoms with Gasteiger partial charge in [-0.2, -0.15) is 0 Å². The molecule has 0 fully saturated rings. The van der Waals surface area contributed by atoms with Crippen LogP contribution in [0.4, 0.5) is 0 Å². The third-order valence-corrected chi connectivity index (χ3v) is 4.41. The molecule has 1 heterocycles. The van der Waals surface area contributed by atoms with Crippen LogP contribution in [0.2, 0.25) is 0 Å². The molecule has 1 aromatic rings. The van der Waals surface area contributed by atoms with Crippen molar-refractivity contribution >= 4 is 27.3 Å². The molecule has 15 heavy (non-hydrogen) atoms. The minimum absolute atomic E-state index is 0.441. The first-order valence-electron chi connectivity index (χ1n) is 5.21. The Hall–Kier alpha value is 0.1000.